The average molecular weight is 297 g/mol. The fourth-order valence-corrected chi connectivity index (χ4v) is 2.18. The zero-order chi connectivity index (χ0) is 14.8. The van der Waals surface area contributed by atoms with Crippen LogP contribution in [-0.4, -0.2) is 21.0 Å². The predicted molar refractivity (Wildman–Crippen MR) is 84.5 cm³/mol. The number of fused-ring (bicyclic) bond motifs is 1. The van der Waals surface area contributed by atoms with Crippen molar-refractivity contribution in [3.05, 3.63) is 69.2 Å². The topological polar surface area (TPSA) is 70.4 Å². The Labute approximate surface area is 124 Å². The largest absolute Gasteiger partial charge is 0.508 e. The van der Waals surface area contributed by atoms with Crippen molar-refractivity contribution in [3.63, 3.8) is 0 Å². The Balaban J connectivity index is 2.10. The van der Waals surface area contributed by atoms with E-state index in [9.17, 15) is 9.90 Å². The average Bonchev–Trinajstić information content (AvgIpc) is 2.49. The second-order valence-electron chi connectivity index (χ2n) is 4.43. The van der Waals surface area contributed by atoms with Crippen LogP contribution in [0.2, 0.25) is 0 Å². The Kier molecular flexibility index (Phi) is 3.37. The van der Waals surface area contributed by atoms with Gasteiger partial charge in [-0.25, -0.2) is 0 Å². The van der Waals surface area contributed by atoms with E-state index >= 15 is 0 Å². The van der Waals surface area contributed by atoms with E-state index in [-0.39, 0.29) is 16.1 Å². The van der Waals surface area contributed by atoms with Gasteiger partial charge in [0.05, 0.1) is 17.1 Å². The van der Waals surface area contributed by atoms with Crippen LogP contribution in [0.3, 0.4) is 0 Å². The van der Waals surface area contributed by atoms with Crippen LogP contribution < -0.4 is 5.56 Å². The highest BCUT2D eigenvalue weighted by molar-refractivity contribution is 7.71. The van der Waals surface area contributed by atoms with E-state index < -0.39 is 0 Å². The van der Waals surface area contributed by atoms with Gasteiger partial charge in [-0.1, -0.05) is 12.1 Å². The van der Waals surface area contributed by atoms with Crippen molar-refractivity contribution >= 4 is 29.3 Å². The summed E-state index contributed by atoms with van der Waals surface area (Å²) in [6.45, 7) is 0. The molecule has 0 saturated heterocycles. The molecule has 1 heterocycles. The molecule has 3 rings (SSSR count). The van der Waals surface area contributed by atoms with E-state index in [2.05, 4.69) is 10.1 Å². The van der Waals surface area contributed by atoms with E-state index in [4.69, 9.17) is 12.2 Å². The number of nitrogens with zero attached hydrogens (tertiary/aromatic N) is 2. The zero-order valence-electron chi connectivity index (χ0n) is 10.9. The molecule has 0 spiro atoms. The lowest BCUT2D eigenvalue weighted by atomic mass is 10.2. The molecule has 21 heavy (non-hydrogen) atoms. The summed E-state index contributed by atoms with van der Waals surface area (Å²) in [5.41, 5.74) is 1.16. The Morgan fingerprint density at radius 2 is 1.86 bits per heavy atom. The number of hydrogen-bond donors (Lipinski definition) is 2. The van der Waals surface area contributed by atoms with E-state index in [0.717, 1.165) is 10.2 Å². The SMILES string of the molecule is O=c1c2ccccc2[nH]c(=S)n1/N=C/c1ccc(O)cc1. The van der Waals surface area contributed by atoms with Gasteiger partial charge in [-0.05, 0) is 54.2 Å². The van der Waals surface area contributed by atoms with Crippen molar-refractivity contribution in [1.29, 1.82) is 0 Å². The molecule has 3 aromatic rings. The number of aromatic nitrogens is 2. The molecular formula is C15H11N3O2S. The number of H-pyrrole nitrogens is 1. The van der Waals surface area contributed by atoms with Crippen molar-refractivity contribution in [1.82, 2.24) is 9.66 Å². The molecule has 0 amide bonds. The first-order valence-corrected chi connectivity index (χ1v) is 6.63. The van der Waals surface area contributed by atoms with Crippen LogP contribution in [-0.2, 0) is 0 Å². The Bertz CT molecular complexity index is 940. The lowest BCUT2D eigenvalue weighted by Crippen LogP contribution is -2.18. The van der Waals surface area contributed by atoms with Gasteiger partial charge in [0.25, 0.3) is 5.56 Å². The first kappa shape index (κ1) is 13.3. The molecule has 0 aliphatic carbocycles. The Morgan fingerprint density at radius 3 is 2.62 bits per heavy atom. The highest BCUT2D eigenvalue weighted by Gasteiger charge is 2.03. The van der Waals surface area contributed by atoms with Crippen LogP contribution in [0.1, 0.15) is 5.56 Å². The molecule has 0 fully saturated rings. The fourth-order valence-electron chi connectivity index (χ4n) is 1.94. The molecular weight excluding hydrogens is 286 g/mol. The number of phenolic OH excluding ortho intramolecular Hbond substituents is 1. The van der Waals surface area contributed by atoms with Crippen LogP contribution in [0, 0.1) is 4.77 Å². The van der Waals surface area contributed by atoms with E-state index in [0.29, 0.717) is 10.9 Å². The third-order valence-corrected chi connectivity index (χ3v) is 3.27. The molecule has 1 aromatic heterocycles. The van der Waals surface area contributed by atoms with Gasteiger partial charge in [0.2, 0.25) is 4.77 Å². The molecule has 2 aromatic carbocycles. The van der Waals surface area contributed by atoms with Gasteiger partial charge in [0, 0.05) is 0 Å². The summed E-state index contributed by atoms with van der Waals surface area (Å²) in [5, 5.41) is 13.9. The standard InChI is InChI=1S/C15H11N3O2S/c19-11-7-5-10(6-8-11)9-16-18-14(20)12-3-1-2-4-13(12)17-15(18)21/h1-9,19H,(H,17,21)/b16-9+. The van der Waals surface area contributed by atoms with Gasteiger partial charge in [-0.3, -0.25) is 4.79 Å². The third-order valence-electron chi connectivity index (χ3n) is 3.00. The highest BCUT2D eigenvalue weighted by atomic mass is 32.1. The summed E-state index contributed by atoms with van der Waals surface area (Å²) in [4.78, 5) is 15.3. The number of nitrogens with one attached hydrogen (secondary N) is 1. The fraction of sp³-hybridized carbons (Fsp3) is 0. The molecule has 0 radical (unpaired) electrons. The molecule has 104 valence electrons. The number of rotatable bonds is 2. The lowest BCUT2D eigenvalue weighted by Gasteiger charge is -2.02. The zero-order valence-corrected chi connectivity index (χ0v) is 11.7. The maximum Gasteiger partial charge on any atom is 0.282 e. The molecule has 0 bridgehead atoms. The maximum absolute atomic E-state index is 12.3. The van der Waals surface area contributed by atoms with Crippen LogP contribution in [0.15, 0.2) is 58.4 Å². The molecule has 6 heteroatoms. The van der Waals surface area contributed by atoms with Gasteiger partial charge in [-0.15, -0.1) is 0 Å². The van der Waals surface area contributed by atoms with Crippen molar-refractivity contribution in [3.8, 4) is 5.75 Å². The second kappa shape index (κ2) is 5.34. The normalized spacial score (nSPS) is 11.2. The van der Waals surface area contributed by atoms with E-state index in [1.165, 1.54) is 6.21 Å². The molecule has 0 aliphatic heterocycles. The molecule has 0 unspecified atom stereocenters. The van der Waals surface area contributed by atoms with Crippen LogP contribution in [0.5, 0.6) is 5.75 Å². The second-order valence-corrected chi connectivity index (χ2v) is 4.82. The van der Waals surface area contributed by atoms with Crippen LogP contribution in [0.25, 0.3) is 10.9 Å². The summed E-state index contributed by atoms with van der Waals surface area (Å²) in [7, 11) is 0. The quantitative estimate of drug-likeness (QED) is 0.564. The summed E-state index contributed by atoms with van der Waals surface area (Å²) in [5.74, 6) is 0.173. The first-order chi connectivity index (χ1) is 10.1. The monoisotopic (exact) mass is 297 g/mol. The molecule has 0 atom stereocenters. The highest BCUT2D eigenvalue weighted by Crippen LogP contribution is 2.08. The number of aromatic amines is 1. The number of para-hydroxylation sites is 1. The van der Waals surface area contributed by atoms with E-state index in [1.807, 2.05) is 6.07 Å². The van der Waals surface area contributed by atoms with Gasteiger partial charge >= 0.3 is 0 Å². The van der Waals surface area contributed by atoms with Crippen molar-refractivity contribution < 1.29 is 5.11 Å². The van der Waals surface area contributed by atoms with Crippen molar-refractivity contribution in [2.75, 3.05) is 0 Å². The summed E-state index contributed by atoms with van der Waals surface area (Å²) in [6, 6.07) is 13.6. The summed E-state index contributed by atoms with van der Waals surface area (Å²) in [6.07, 6.45) is 1.51. The minimum absolute atomic E-state index is 0.173. The number of phenols is 1. The molecule has 0 saturated carbocycles. The molecule has 0 aliphatic rings. The number of benzene rings is 2. The third kappa shape index (κ3) is 2.61. The Morgan fingerprint density at radius 1 is 1.14 bits per heavy atom. The number of aromatic hydroxyl groups is 1. The van der Waals surface area contributed by atoms with Crippen LogP contribution in [0.4, 0.5) is 0 Å². The van der Waals surface area contributed by atoms with Gasteiger partial charge in [0.1, 0.15) is 5.75 Å². The first-order valence-electron chi connectivity index (χ1n) is 6.22. The molecule has 2 N–H and O–H groups in total. The van der Waals surface area contributed by atoms with E-state index in [1.54, 1.807) is 42.5 Å². The maximum atomic E-state index is 12.3. The van der Waals surface area contributed by atoms with Gasteiger partial charge < -0.3 is 10.1 Å². The minimum atomic E-state index is -0.274. The van der Waals surface area contributed by atoms with Crippen molar-refractivity contribution in [2.24, 2.45) is 5.10 Å². The van der Waals surface area contributed by atoms with Gasteiger partial charge in [0.15, 0.2) is 0 Å². The predicted octanol–water partition coefficient (Wildman–Crippen LogP) is 2.65. The Hall–Kier alpha value is -2.73. The number of hydrogen-bond acceptors (Lipinski definition) is 4. The van der Waals surface area contributed by atoms with Gasteiger partial charge in [-0.2, -0.15) is 9.78 Å². The minimum Gasteiger partial charge on any atom is -0.508 e. The lowest BCUT2D eigenvalue weighted by molar-refractivity contribution is 0.475. The van der Waals surface area contributed by atoms with Crippen LogP contribution >= 0.6 is 12.2 Å². The summed E-state index contributed by atoms with van der Waals surface area (Å²) >= 11 is 5.16. The van der Waals surface area contributed by atoms with Crippen molar-refractivity contribution in [2.45, 2.75) is 0 Å². The molecule has 5 nitrogen and oxygen atoms in total. The smallest absolute Gasteiger partial charge is 0.282 e. The summed E-state index contributed by atoms with van der Waals surface area (Å²) < 4.78 is 1.37.